The van der Waals surface area contributed by atoms with Crippen molar-refractivity contribution < 1.29 is 8.42 Å². The van der Waals surface area contributed by atoms with Crippen molar-refractivity contribution in [3.63, 3.8) is 0 Å². The van der Waals surface area contributed by atoms with E-state index in [9.17, 15) is 8.42 Å². The van der Waals surface area contributed by atoms with Gasteiger partial charge in [0.15, 0.2) is 0 Å². The first-order valence-electron chi connectivity index (χ1n) is 6.92. The number of aromatic nitrogens is 3. The average molecular weight is 316 g/mol. The Morgan fingerprint density at radius 3 is 2.19 bits per heavy atom. The Balaban J connectivity index is 2.98. The largest absolute Gasteiger partial charge is 0.357 e. The summed E-state index contributed by atoms with van der Waals surface area (Å²) < 4.78 is 22.6. The summed E-state index contributed by atoms with van der Waals surface area (Å²) in [6.45, 7) is 7.38. The first-order chi connectivity index (χ1) is 9.78. The standard InChI is InChI=1S/C12H24N6O2S/c1-6-18(7-2)12-16-10(13-4)15-11(17-12)14-9(3)8-21(5,19)20/h9H,6-8H2,1-5H3,(H2,13,14,15,16,17). The highest BCUT2D eigenvalue weighted by molar-refractivity contribution is 7.90. The van der Waals surface area contributed by atoms with Crippen LogP contribution in [0.25, 0.3) is 0 Å². The zero-order valence-electron chi connectivity index (χ0n) is 13.2. The molecule has 1 aromatic rings. The zero-order valence-corrected chi connectivity index (χ0v) is 14.0. The summed E-state index contributed by atoms with van der Waals surface area (Å²) in [6.07, 6.45) is 1.21. The lowest BCUT2D eigenvalue weighted by molar-refractivity contribution is 0.597. The molecule has 0 saturated carbocycles. The third-order valence-electron chi connectivity index (χ3n) is 2.82. The smallest absolute Gasteiger partial charge is 0.231 e. The van der Waals surface area contributed by atoms with Gasteiger partial charge in [0, 0.05) is 32.4 Å². The fourth-order valence-electron chi connectivity index (χ4n) is 1.91. The maximum absolute atomic E-state index is 11.3. The summed E-state index contributed by atoms with van der Waals surface area (Å²) in [6, 6.07) is -0.281. The highest BCUT2D eigenvalue weighted by Gasteiger charge is 2.14. The van der Waals surface area contributed by atoms with Gasteiger partial charge in [-0.3, -0.25) is 0 Å². The van der Waals surface area contributed by atoms with Crippen LogP contribution in [0.2, 0.25) is 0 Å². The summed E-state index contributed by atoms with van der Waals surface area (Å²) in [5.41, 5.74) is 0. The molecule has 0 fully saturated rings. The lowest BCUT2D eigenvalue weighted by Crippen LogP contribution is -2.28. The average Bonchev–Trinajstić information content (AvgIpc) is 2.37. The summed E-state index contributed by atoms with van der Waals surface area (Å²) >= 11 is 0. The van der Waals surface area contributed by atoms with E-state index in [1.54, 1.807) is 14.0 Å². The number of rotatable bonds is 8. The Morgan fingerprint density at radius 1 is 1.14 bits per heavy atom. The van der Waals surface area contributed by atoms with Crippen LogP contribution in [0.15, 0.2) is 0 Å². The van der Waals surface area contributed by atoms with E-state index in [0.717, 1.165) is 13.1 Å². The lowest BCUT2D eigenvalue weighted by atomic mass is 10.4. The Labute approximate surface area is 126 Å². The van der Waals surface area contributed by atoms with Crippen LogP contribution < -0.4 is 15.5 Å². The maximum Gasteiger partial charge on any atom is 0.231 e. The number of hydrogen-bond acceptors (Lipinski definition) is 8. The molecule has 2 N–H and O–H groups in total. The maximum atomic E-state index is 11.3. The van der Waals surface area contributed by atoms with Gasteiger partial charge in [0.1, 0.15) is 9.84 Å². The van der Waals surface area contributed by atoms with Gasteiger partial charge >= 0.3 is 0 Å². The van der Waals surface area contributed by atoms with Gasteiger partial charge in [-0.2, -0.15) is 15.0 Å². The van der Waals surface area contributed by atoms with E-state index in [1.165, 1.54) is 6.26 Å². The molecule has 120 valence electrons. The molecule has 0 bridgehead atoms. The molecular weight excluding hydrogens is 292 g/mol. The minimum absolute atomic E-state index is 0.0220. The molecule has 1 unspecified atom stereocenters. The number of anilines is 3. The monoisotopic (exact) mass is 316 g/mol. The van der Waals surface area contributed by atoms with E-state index in [-0.39, 0.29) is 11.8 Å². The van der Waals surface area contributed by atoms with E-state index in [0.29, 0.717) is 17.8 Å². The van der Waals surface area contributed by atoms with Crippen LogP contribution in [0.1, 0.15) is 20.8 Å². The van der Waals surface area contributed by atoms with E-state index in [1.807, 2.05) is 18.7 Å². The third-order valence-corrected chi connectivity index (χ3v) is 3.93. The van der Waals surface area contributed by atoms with Gasteiger partial charge in [0.05, 0.1) is 5.75 Å². The first-order valence-corrected chi connectivity index (χ1v) is 8.98. The van der Waals surface area contributed by atoms with Crippen molar-refractivity contribution in [1.29, 1.82) is 0 Å². The van der Waals surface area contributed by atoms with E-state index >= 15 is 0 Å². The Hall–Kier alpha value is -1.64. The van der Waals surface area contributed by atoms with Gasteiger partial charge in [-0.05, 0) is 20.8 Å². The van der Waals surface area contributed by atoms with Crippen LogP contribution in [-0.2, 0) is 9.84 Å². The highest BCUT2D eigenvalue weighted by Crippen LogP contribution is 2.14. The van der Waals surface area contributed by atoms with Gasteiger partial charge in [-0.1, -0.05) is 0 Å². The van der Waals surface area contributed by atoms with Crippen molar-refractivity contribution in [2.45, 2.75) is 26.8 Å². The summed E-state index contributed by atoms with van der Waals surface area (Å²) in [7, 11) is -1.33. The minimum Gasteiger partial charge on any atom is -0.357 e. The van der Waals surface area contributed by atoms with E-state index in [2.05, 4.69) is 25.6 Å². The molecule has 1 atom stereocenters. The SMILES string of the molecule is CCN(CC)c1nc(NC)nc(NC(C)CS(C)(=O)=O)n1. The van der Waals surface area contributed by atoms with Crippen LogP contribution in [0, 0.1) is 0 Å². The predicted octanol–water partition coefficient (Wildman–Crippen LogP) is 0.605. The summed E-state index contributed by atoms with van der Waals surface area (Å²) in [4.78, 5) is 14.9. The summed E-state index contributed by atoms with van der Waals surface area (Å²) in [5.74, 6) is 1.40. The van der Waals surface area contributed by atoms with Crippen molar-refractivity contribution in [2.24, 2.45) is 0 Å². The van der Waals surface area contributed by atoms with Gasteiger partial charge in [-0.15, -0.1) is 0 Å². The predicted molar refractivity (Wildman–Crippen MR) is 85.7 cm³/mol. The molecule has 0 radical (unpaired) electrons. The molecule has 21 heavy (non-hydrogen) atoms. The van der Waals surface area contributed by atoms with Gasteiger partial charge in [0.25, 0.3) is 0 Å². The molecule has 1 aromatic heterocycles. The molecule has 0 aliphatic carbocycles. The molecule has 0 aromatic carbocycles. The van der Waals surface area contributed by atoms with Gasteiger partial charge < -0.3 is 15.5 Å². The van der Waals surface area contributed by atoms with E-state index in [4.69, 9.17) is 0 Å². The molecule has 0 saturated heterocycles. The fourth-order valence-corrected chi connectivity index (χ4v) is 2.90. The molecule has 0 spiro atoms. The van der Waals surface area contributed by atoms with Crippen molar-refractivity contribution in [3.05, 3.63) is 0 Å². The Kier molecular flexibility index (Phi) is 6.13. The normalized spacial score (nSPS) is 12.8. The number of nitrogens with one attached hydrogen (secondary N) is 2. The van der Waals surface area contributed by atoms with Crippen molar-refractivity contribution in [3.8, 4) is 0 Å². The van der Waals surface area contributed by atoms with Crippen molar-refractivity contribution in [1.82, 2.24) is 15.0 Å². The van der Waals surface area contributed by atoms with Crippen LogP contribution in [-0.4, -0.2) is 61.6 Å². The molecule has 1 rings (SSSR count). The highest BCUT2D eigenvalue weighted by atomic mass is 32.2. The van der Waals surface area contributed by atoms with Crippen LogP contribution in [0.5, 0.6) is 0 Å². The Bertz CT molecular complexity index is 559. The molecule has 0 aliphatic rings. The molecule has 1 heterocycles. The number of nitrogens with zero attached hydrogens (tertiary/aromatic N) is 4. The van der Waals surface area contributed by atoms with Crippen molar-refractivity contribution in [2.75, 3.05) is 47.7 Å². The van der Waals surface area contributed by atoms with Crippen LogP contribution in [0.4, 0.5) is 17.8 Å². The minimum atomic E-state index is -3.05. The summed E-state index contributed by atoms with van der Waals surface area (Å²) in [5, 5.41) is 5.89. The number of hydrogen-bond donors (Lipinski definition) is 2. The molecular formula is C12H24N6O2S. The Morgan fingerprint density at radius 2 is 1.71 bits per heavy atom. The zero-order chi connectivity index (χ0) is 16.0. The molecule has 9 heteroatoms. The molecule has 0 amide bonds. The fraction of sp³-hybridized carbons (Fsp3) is 0.750. The second-order valence-electron chi connectivity index (χ2n) is 4.84. The van der Waals surface area contributed by atoms with Gasteiger partial charge in [0.2, 0.25) is 17.8 Å². The first kappa shape index (κ1) is 17.4. The van der Waals surface area contributed by atoms with Gasteiger partial charge in [-0.25, -0.2) is 8.42 Å². The topological polar surface area (TPSA) is 100 Å². The quantitative estimate of drug-likeness (QED) is 0.719. The lowest BCUT2D eigenvalue weighted by Gasteiger charge is -2.20. The number of sulfone groups is 1. The second-order valence-corrected chi connectivity index (χ2v) is 7.03. The molecule has 0 aliphatic heterocycles. The second kappa shape index (κ2) is 7.39. The van der Waals surface area contributed by atoms with Crippen LogP contribution in [0.3, 0.4) is 0 Å². The van der Waals surface area contributed by atoms with Crippen LogP contribution >= 0.6 is 0 Å². The third kappa shape index (κ3) is 5.70. The van der Waals surface area contributed by atoms with Crippen molar-refractivity contribution >= 4 is 27.7 Å². The van der Waals surface area contributed by atoms with E-state index < -0.39 is 9.84 Å². The molecule has 8 nitrogen and oxygen atoms in total.